The van der Waals surface area contributed by atoms with Gasteiger partial charge in [-0.25, -0.2) is 5.43 Å². The molecule has 0 radical (unpaired) electrons. The predicted octanol–water partition coefficient (Wildman–Crippen LogP) is 3.80. The number of carbonyl (C=O) groups excluding carboxylic acids is 1. The first-order valence-electron chi connectivity index (χ1n) is 7.29. The quantitative estimate of drug-likeness (QED) is 0.443. The summed E-state index contributed by atoms with van der Waals surface area (Å²) in [4.78, 5) is 11.8. The molecule has 8 heteroatoms. The predicted molar refractivity (Wildman–Crippen MR) is 105 cm³/mol. The summed E-state index contributed by atoms with van der Waals surface area (Å²) in [6.45, 7) is 2.07. The number of phenols is 1. The average Bonchev–Trinajstić information content (AvgIpc) is 2.60. The van der Waals surface area contributed by atoms with Gasteiger partial charge in [-0.2, -0.15) is 5.10 Å². The van der Waals surface area contributed by atoms with E-state index >= 15 is 0 Å². The van der Waals surface area contributed by atoms with Crippen LogP contribution in [0.4, 0.5) is 5.69 Å². The van der Waals surface area contributed by atoms with Crippen molar-refractivity contribution in [3.05, 3.63) is 50.4 Å². The van der Waals surface area contributed by atoms with Crippen LogP contribution in [0.5, 0.6) is 11.5 Å². The van der Waals surface area contributed by atoms with Crippen LogP contribution in [-0.4, -0.2) is 30.9 Å². The molecule has 0 bridgehead atoms. The second kappa shape index (κ2) is 8.87. The summed E-state index contributed by atoms with van der Waals surface area (Å²) in [6, 6.07) is 9.34. The smallest absolute Gasteiger partial charge is 0.259 e. The molecule has 2 rings (SSSR count). The van der Waals surface area contributed by atoms with E-state index in [4.69, 9.17) is 4.74 Å². The molecule has 6 nitrogen and oxygen atoms in total. The minimum Gasteiger partial charge on any atom is -0.504 e. The number of aryl methyl sites for hydroxylation is 1. The zero-order valence-corrected chi connectivity index (χ0v) is 16.8. The number of aromatic hydroxyl groups is 1. The number of hydrogen-bond acceptors (Lipinski definition) is 5. The monoisotopic (exact) mass is 469 g/mol. The lowest BCUT2D eigenvalue weighted by molar-refractivity contribution is -0.119. The molecule has 1 amide bonds. The fraction of sp³-hybridized carbons (Fsp3) is 0.176. The lowest BCUT2D eigenvalue weighted by Crippen LogP contribution is -2.25. The van der Waals surface area contributed by atoms with Gasteiger partial charge in [0.2, 0.25) is 0 Å². The fourth-order valence-electron chi connectivity index (χ4n) is 1.95. The zero-order chi connectivity index (χ0) is 18.4. The summed E-state index contributed by atoms with van der Waals surface area (Å²) in [5.41, 5.74) is 4.79. The highest BCUT2D eigenvalue weighted by atomic mass is 79.9. The van der Waals surface area contributed by atoms with E-state index in [2.05, 4.69) is 47.7 Å². The molecule has 2 aromatic carbocycles. The Morgan fingerprint density at radius 2 is 2.00 bits per heavy atom. The van der Waals surface area contributed by atoms with Crippen molar-refractivity contribution < 1.29 is 14.6 Å². The summed E-state index contributed by atoms with van der Waals surface area (Å²) in [5.74, 6) is -0.0911. The Morgan fingerprint density at radius 3 is 2.64 bits per heavy atom. The largest absolute Gasteiger partial charge is 0.504 e. The van der Waals surface area contributed by atoms with Crippen molar-refractivity contribution in [1.82, 2.24) is 5.43 Å². The fourth-order valence-corrected chi connectivity index (χ4v) is 2.77. The molecular weight excluding hydrogens is 454 g/mol. The Labute approximate surface area is 162 Å². The number of methoxy groups -OCH3 is 1. The second-order valence-electron chi connectivity index (χ2n) is 5.15. The van der Waals surface area contributed by atoms with E-state index in [1.165, 1.54) is 13.3 Å². The van der Waals surface area contributed by atoms with E-state index in [1.54, 1.807) is 6.07 Å². The van der Waals surface area contributed by atoms with Crippen molar-refractivity contribution in [1.29, 1.82) is 0 Å². The van der Waals surface area contributed by atoms with Crippen LogP contribution in [0.15, 0.2) is 44.4 Å². The molecule has 0 saturated carbocycles. The van der Waals surface area contributed by atoms with Crippen molar-refractivity contribution in [3.63, 3.8) is 0 Å². The first-order valence-corrected chi connectivity index (χ1v) is 8.88. The van der Waals surface area contributed by atoms with E-state index in [0.29, 0.717) is 20.3 Å². The Hall–Kier alpha value is -2.06. The van der Waals surface area contributed by atoms with Crippen LogP contribution in [0.2, 0.25) is 0 Å². The van der Waals surface area contributed by atoms with Crippen LogP contribution in [-0.2, 0) is 4.79 Å². The van der Waals surface area contributed by atoms with Crippen molar-refractivity contribution in [2.24, 2.45) is 5.10 Å². The number of carbonyl (C=O) groups is 1. The molecule has 0 aromatic heterocycles. The van der Waals surface area contributed by atoms with Gasteiger partial charge >= 0.3 is 0 Å². The van der Waals surface area contributed by atoms with Gasteiger partial charge in [0, 0.05) is 14.6 Å². The SMILES string of the molecule is COc1cc(Br)c(Br)c(C=NNC(=O)CNc2ccc(C)cc2)c1O. The van der Waals surface area contributed by atoms with E-state index in [9.17, 15) is 9.90 Å². The lowest BCUT2D eigenvalue weighted by atomic mass is 10.2. The van der Waals surface area contributed by atoms with Crippen molar-refractivity contribution in [2.75, 3.05) is 19.0 Å². The number of amides is 1. The Bertz CT molecular complexity index is 793. The summed E-state index contributed by atoms with van der Waals surface area (Å²) in [7, 11) is 1.45. The Morgan fingerprint density at radius 1 is 1.32 bits per heavy atom. The number of halogens is 2. The van der Waals surface area contributed by atoms with E-state index in [0.717, 1.165) is 11.3 Å². The van der Waals surface area contributed by atoms with Gasteiger partial charge in [-0.1, -0.05) is 17.7 Å². The standard InChI is InChI=1S/C17H17Br2N3O3/c1-10-3-5-11(6-4-10)20-9-15(23)22-21-8-12-16(19)13(18)7-14(25-2)17(12)24/h3-8,20,24H,9H2,1-2H3,(H,22,23). The molecule has 0 aliphatic heterocycles. The van der Waals surface area contributed by atoms with Crippen LogP contribution in [0.3, 0.4) is 0 Å². The molecule has 132 valence electrons. The third-order valence-electron chi connectivity index (χ3n) is 3.30. The topological polar surface area (TPSA) is 83.0 Å². The summed E-state index contributed by atoms with van der Waals surface area (Å²) in [6.07, 6.45) is 1.34. The maximum atomic E-state index is 11.8. The molecule has 0 fully saturated rings. The van der Waals surface area contributed by atoms with Crippen LogP contribution >= 0.6 is 31.9 Å². The molecule has 0 aliphatic rings. The van der Waals surface area contributed by atoms with E-state index < -0.39 is 0 Å². The Kier molecular flexibility index (Phi) is 6.83. The number of nitrogens with zero attached hydrogens (tertiary/aromatic N) is 1. The summed E-state index contributed by atoms with van der Waals surface area (Å²) in [5, 5.41) is 17.0. The van der Waals surface area contributed by atoms with Crippen LogP contribution in [0.1, 0.15) is 11.1 Å². The number of hydrazone groups is 1. The van der Waals surface area contributed by atoms with Gasteiger partial charge in [-0.15, -0.1) is 0 Å². The highest BCUT2D eigenvalue weighted by molar-refractivity contribution is 9.13. The van der Waals surface area contributed by atoms with Crippen LogP contribution < -0.4 is 15.5 Å². The molecule has 0 saturated heterocycles. The zero-order valence-electron chi connectivity index (χ0n) is 13.6. The Balaban J connectivity index is 1.97. The maximum absolute atomic E-state index is 11.8. The number of benzene rings is 2. The molecule has 0 aliphatic carbocycles. The first kappa shape index (κ1) is 19.3. The molecule has 25 heavy (non-hydrogen) atoms. The van der Waals surface area contributed by atoms with Gasteiger partial charge in [0.15, 0.2) is 11.5 Å². The van der Waals surface area contributed by atoms with Crippen LogP contribution in [0.25, 0.3) is 0 Å². The molecule has 3 N–H and O–H groups in total. The number of phenolic OH excluding ortho intramolecular Hbond substituents is 1. The van der Waals surface area contributed by atoms with Gasteiger partial charge in [-0.05, 0) is 57.0 Å². The molecule has 0 heterocycles. The third kappa shape index (κ3) is 5.20. The number of ether oxygens (including phenoxy) is 1. The average molecular weight is 471 g/mol. The molecular formula is C17H17Br2N3O3. The number of nitrogens with one attached hydrogen (secondary N) is 2. The minimum atomic E-state index is -0.311. The highest BCUT2D eigenvalue weighted by Crippen LogP contribution is 2.39. The van der Waals surface area contributed by atoms with Gasteiger partial charge in [0.25, 0.3) is 5.91 Å². The highest BCUT2D eigenvalue weighted by Gasteiger charge is 2.14. The van der Waals surface area contributed by atoms with Gasteiger partial charge in [-0.3, -0.25) is 4.79 Å². The van der Waals surface area contributed by atoms with E-state index in [1.807, 2.05) is 31.2 Å². The van der Waals surface area contributed by atoms with Crippen molar-refractivity contribution in [3.8, 4) is 11.5 Å². The number of hydrogen-bond donors (Lipinski definition) is 3. The molecule has 2 aromatic rings. The maximum Gasteiger partial charge on any atom is 0.259 e. The first-order chi connectivity index (χ1) is 11.9. The number of rotatable bonds is 6. The molecule has 0 atom stereocenters. The lowest BCUT2D eigenvalue weighted by Gasteiger charge is -2.10. The summed E-state index contributed by atoms with van der Waals surface area (Å²) >= 11 is 6.70. The van der Waals surface area contributed by atoms with Gasteiger partial charge in [0.05, 0.1) is 25.4 Å². The van der Waals surface area contributed by atoms with Crippen molar-refractivity contribution in [2.45, 2.75) is 6.92 Å². The number of anilines is 1. The van der Waals surface area contributed by atoms with Crippen molar-refractivity contribution >= 4 is 49.7 Å². The third-order valence-corrected chi connectivity index (χ3v) is 5.31. The summed E-state index contributed by atoms with van der Waals surface area (Å²) < 4.78 is 6.37. The minimum absolute atomic E-state index is 0.0756. The second-order valence-corrected chi connectivity index (χ2v) is 6.80. The molecule has 0 unspecified atom stereocenters. The van der Waals surface area contributed by atoms with Crippen LogP contribution in [0, 0.1) is 6.92 Å². The molecule has 0 spiro atoms. The van der Waals surface area contributed by atoms with E-state index in [-0.39, 0.29) is 18.2 Å². The normalized spacial score (nSPS) is 10.7. The van der Waals surface area contributed by atoms with Gasteiger partial charge in [0.1, 0.15) is 0 Å². The van der Waals surface area contributed by atoms with Gasteiger partial charge < -0.3 is 15.2 Å².